The Morgan fingerprint density at radius 1 is 1.38 bits per heavy atom. The smallest absolute Gasteiger partial charge is 0.269 e. The Bertz CT molecular complexity index is 804. The molecular formula is C12H10N6O3. The van der Waals surface area contributed by atoms with Gasteiger partial charge in [-0.25, -0.2) is 0 Å². The van der Waals surface area contributed by atoms with Crippen molar-refractivity contribution in [3.63, 3.8) is 0 Å². The molecule has 0 aromatic carbocycles. The summed E-state index contributed by atoms with van der Waals surface area (Å²) in [7, 11) is 0. The van der Waals surface area contributed by atoms with Gasteiger partial charge in [-0.3, -0.25) is 14.7 Å². The molecule has 9 heteroatoms. The van der Waals surface area contributed by atoms with Crippen molar-refractivity contribution in [2.75, 3.05) is 0 Å². The highest BCUT2D eigenvalue weighted by Gasteiger charge is 2.11. The summed E-state index contributed by atoms with van der Waals surface area (Å²) in [5.41, 5.74) is 0.615. The molecule has 3 heterocycles. The van der Waals surface area contributed by atoms with Gasteiger partial charge in [0.2, 0.25) is 17.3 Å². The van der Waals surface area contributed by atoms with Gasteiger partial charge >= 0.3 is 0 Å². The highest BCUT2D eigenvalue weighted by atomic mass is 16.5. The van der Waals surface area contributed by atoms with E-state index >= 15 is 0 Å². The Hall–Kier alpha value is -3.23. The third kappa shape index (κ3) is 2.86. The quantitative estimate of drug-likeness (QED) is 0.622. The average molecular weight is 286 g/mol. The second-order valence-corrected chi connectivity index (χ2v) is 4.11. The predicted molar refractivity (Wildman–Crippen MR) is 70.1 cm³/mol. The Kier molecular flexibility index (Phi) is 3.29. The summed E-state index contributed by atoms with van der Waals surface area (Å²) in [6, 6.07) is 4.56. The van der Waals surface area contributed by atoms with Gasteiger partial charge in [-0.15, -0.1) is 0 Å². The van der Waals surface area contributed by atoms with Crippen molar-refractivity contribution in [1.29, 1.82) is 0 Å². The van der Waals surface area contributed by atoms with Gasteiger partial charge in [-0.05, 0) is 12.1 Å². The lowest BCUT2D eigenvalue weighted by Crippen LogP contribution is -2.23. The molecule has 3 aromatic heterocycles. The number of amides is 1. The lowest BCUT2D eigenvalue weighted by molar-refractivity contribution is 0.0941. The summed E-state index contributed by atoms with van der Waals surface area (Å²) in [4.78, 5) is 29.5. The molecule has 0 radical (unpaired) electrons. The van der Waals surface area contributed by atoms with E-state index in [0.717, 1.165) is 0 Å². The number of rotatable bonds is 4. The Morgan fingerprint density at radius 3 is 3.05 bits per heavy atom. The molecule has 106 valence electrons. The van der Waals surface area contributed by atoms with E-state index in [9.17, 15) is 9.59 Å². The first-order valence-corrected chi connectivity index (χ1v) is 6.01. The highest BCUT2D eigenvalue weighted by Crippen LogP contribution is 2.12. The number of H-pyrrole nitrogens is 2. The van der Waals surface area contributed by atoms with Gasteiger partial charge in [0.1, 0.15) is 5.69 Å². The number of carbonyl (C=O) groups is 1. The van der Waals surface area contributed by atoms with Crippen LogP contribution in [0.3, 0.4) is 0 Å². The average Bonchev–Trinajstić information content (AvgIpc) is 3.16. The molecule has 21 heavy (non-hydrogen) atoms. The van der Waals surface area contributed by atoms with Gasteiger partial charge in [0.15, 0.2) is 0 Å². The van der Waals surface area contributed by atoms with Crippen LogP contribution >= 0.6 is 0 Å². The maximum absolute atomic E-state index is 11.7. The molecule has 0 aliphatic carbocycles. The first-order valence-electron chi connectivity index (χ1n) is 6.01. The zero-order chi connectivity index (χ0) is 14.7. The molecule has 0 saturated heterocycles. The van der Waals surface area contributed by atoms with Crippen LogP contribution in [-0.4, -0.2) is 31.2 Å². The third-order valence-electron chi connectivity index (χ3n) is 2.65. The SMILES string of the molecule is O=C(NCc1nc(-c2cc[nH]c(=O)c2)no1)c1ccn[nH]1. The van der Waals surface area contributed by atoms with E-state index in [1.54, 1.807) is 12.1 Å². The van der Waals surface area contributed by atoms with Crippen molar-refractivity contribution in [3.05, 3.63) is 52.5 Å². The van der Waals surface area contributed by atoms with E-state index in [4.69, 9.17) is 4.52 Å². The molecule has 0 unspecified atom stereocenters. The molecule has 0 spiro atoms. The zero-order valence-corrected chi connectivity index (χ0v) is 10.7. The van der Waals surface area contributed by atoms with Crippen LogP contribution in [0.4, 0.5) is 0 Å². The van der Waals surface area contributed by atoms with Crippen LogP contribution in [0.2, 0.25) is 0 Å². The Balaban J connectivity index is 1.68. The van der Waals surface area contributed by atoms with E-state index in [1.165, 1.54) is 18.5 Å². The van der Waals surface area contributed by atoms with E-state index in [0.29, 0.717) is 11.3 Å². The van der Waals surface area contributed by atoms with E-state index in [1.807, 2.05) is 0 Å². The lowest BCUT2D eigenvalue weighted by Gasteiger charge is -1.98. The monoisotopic (exact) mass is 286 g/mol. The lowest BCUT2D eigenvalue weighted by atomic mass is 10.2. The minimum absolute atomic E-state index is 0.0774. The number of hydrogen-bond acceptors (Lipinski definition) is 6. The summed E-state index contributed by atoms with van der Waals surface area (Å²) in [6.45, 7) is 0.0774. The Labute approximate surface area is 117 Å². The summed E-state index contributed by atoms with van der Waals surface area (Å²) < 4.78 is 5.01. The fourth-order valence-corrected chi connectivity index (χ4v) is 1.66. The molecule has 0 bridgehead atoms. The highest BCUT2D eigenvalue weighted by molar-refractivity contribution is 5.91. The van der Waals surface area contributed by atoms with Crippen molar-refractivity contribution in [2.24, 2.45) is 0 Å². The summed E-state index contributed by atoms with van der Waals surface area (Å²) >= 11 is 0. The third-order valence-corrected chi connectivity index (χ3v) is 2.65. The first-order chi connectivity index (χ1) is 10.2. The van der Waals surface area contributed by atoms with E-state index < -0.39 is 0 Å². The number of aromatic nitrogens is 5. The van der Waals surface area contributed by atoms with E-state index in [-0.39, 0.29) is 29.7 Å². The van der Waals surface area contributed by atoms with Crippen LogP contribution in [0.25, 0.3) is 11.4 Å². The van der Waals surface area contributed by atoms with Crippen molar-refractivity contribution >= 4 is 5.91 Å². The van der Waals surface area contributed by atoms with Crippen LogP contribution in [0.15, 0.2) is 39.9 Å². The second kappa shape index (κ2) is 5.41. The minimum Gasteiger partial charge on any atom is -0.342 e. The number of carbonyl (C=O) groups excluding carboxylic acids is 1. The van der Waals surface area contributed by atoms with Gasteiger partial charge in [-0.1, -0.05) is 5.16 Å². The van der Waals surface area contributed by atoms with Crippen molar-refractivity contribution in [3.8, 4) is 11.4 Å². The fraction of sp³-hybridized carbons (Fsp3) is 0.0833. The normalized spacial score (nSPS) is 10.5. The molecular weight excluding hydrogens is 276 g/mol. The molecule has 3 N–H and O–H groups in total. The molecule has 0 atom stereocenters. The minimum atomic E-state index is -0.330. The van der Waals surface area contributed by atoms with Crippen LogP contribution < -0.4 is 10.9 Å². The van der Waals surface area contributed by atoms with Gasteiger partial charge < -0.3 is 14.8 Å². The number of hydrogen-bond donors (Lipinski definition) is 3. The van der Waals surface area contributed by atoms with Gasteiger partial charge in [0.05, 0.1) is 6.54 Å². The summed E-state index contributed by atoms with van der Waals surface area (Å²) in [5, 5.41) is 12.6. The maximum atomic E-state index is 11.7. The molecule has 0 saturated carbocycles. The van der Waals surface area contributed by atoms with Crippen molar-refractivity contribution in [2.45, 2.75) is 6.54 Å². The number of nitrogens with one attached hydrogen (secondary N) is 3. The van der Waals surface area contributed by atoms with Crippen molar-refractivity contribution in [1.82, 2.24) is 30.6 Å². The van der Waals surface area contributed by atoms with Crippen LogP contribution in [0, 0.1) is 0 Å². The Morgan fingerprint density at radius 2 is 2.29 bits per heavy atom. The number of aromatic amines is 2. The maximum Gasteiger partial charge on any atom is 0.269 e. The summed E-state index contributed by atoms with van der Waals surface area (Å²) in [6.07, 6.45) is 2.97. The van der Waals surface area contributed by atoms with Gasteiger partial charge in [0.25, 0.3) is 5.91 Å². The predicted octanol–water partition coefficient (Wildman–Crippen LogP) is 0.0780. The number of nitrogens with zero attached hydrogens (tertiary/aromatic N) is 3. The molecule has 0 fully saturated rings. The standard InChI is InChI=1S/C12H10N6O3/c19-9-5-7(1-3-13-9)11-16-10(21-18-11)6-14-12(20)8-2-4-15-17-8/h1-5H,6H2,(H,13,19)(H,14,20)(H,15,17). The van der Waals surface area contributed by atoms with Gasteiger partial charge in [-0.2, -0.15) is 10.1 Å². The second-order valence-electron chi connectivity index (χ2n) is 4.11. The molecule has 3 rings (SSSR count). The molecule has 9 nitrogen and oxygen atoms in total. The molecule has 0 aliphatic heterocycles. The summed E-state index contributed by atoms with van der Waals surface area (Å²) in [5.74, 6) is 0.188. The zero-order valence-electron chi connectivity index (χ0n) is 10.7. The molecule has 0 aliphatic rings. The first kappa shape index (κ1) is 12.8. The molecule has 3 aromatic rings. The van der Waals surface area contributed by atoms with E-state index in [2.05, 4.69) is 30.6 Å². The van der Waals surface area contributed by atoms with Crippen LogP contribution in [0.5, 0.6) is 0 Å². The van der Waals surface area contributed by atoms with Crippen LogP contribution in [0.1, 0.15) is 16.4 Å². The van der Waals surface area contributed by atoms with Gasteiger partial charge in [0, 0.05) is 24.0 Å². The fourth-order valence-electron chi connectivity index (χ4n) is 1.66. The van der Waals surface area contributed by atoms with Crippen molar-refractivity contribution < 1.29 is 9.32 Å². The topological polar surface area (TPSA) is 130 Å². The largest absolute Gasteiger partial charge is 0.342 e. The number of pyridine rings is 1. The molecule has 1 amide bonds. The van der Waals surface area contributed by atoms with Crippen LogP contribution in [-0.2, 0) is 6.54 Å².